The van der Waals surface area contributed by atoms with Gasteiger partial charge in [0.05, 0.1) is 0 Å². The molecule has 1 aromatic rings. The lowest BCUT2D eigenvalue weighted by molar-refractivity contribution is 0.147. The summed E-state index contributed by atoms with van der Waals surface area (Å²) in [4.78, 5) is 16.4. The van der Waals surface area contributed by atoms with Crippen LogP contribution >= 0.6 is 0 Å². The standard InChI is InChI=1S/C14H19N3O/c1-11-3-2-4-12(9-11)16-7-5-13-10-15-6-8-17(13)14(16)18/h2-4,9,13,15H,5-8,10H2,1H3. The molecule has 2 aliphatic heterocycles. The van der Waals surface area contributed by atoms with E-state index >= 15 is 0 Å². The Kier molecular flexibility index (Phi) is 2.96. The molecule has 0 bridgehead atoms. The zero-order valence-electron chi connectivity index (χ0n) is 10.7. The highest BCUT2D eigenvalue weighted by molar-refractivity contribution is 5.93. The fourth-order valence-corrected chi connectivity index (χ4v) is 2.83. The SMILES string of the molecule is Cc1cccc(N2CCC3CNCCN3C2=O)c1. The Balaban J connectivity index is 1.84. The maximum absolute atomic E-state index is 12.5. The first-order chi connectivity index (χ1) is 8.75. The molecule has 0 saturated carbocycles. The number of nitrogens with zero attached hydrogens (tertiary/aromatic N) is 2. The number of piperazine rings is 1. The van der Waals surface area contributed by atoms with Crippen LogP contribution in [0.25, 0.3) is 0 Å². The number of aryl methyl sites for hydroxylation is 1. The van der Waals surface area contributed by atoms with Crippen molar-refractivity contribution in [2.24, 2.45) is 0 Å². The summed E-state index contributed by atoms with van der Waals surface area (Å²) in [6, 6.07) is 8.73. The number of urea groups is 1. The predicted molar refractivity (Wildman–Crippen MR) is 71.9 cm³/mol. The summed E-state index contributed by atoms with van der Waals surface area (Å²) in [7, 11) is 0. The van der Waals surface area contributed by atoms with Crippen LogP contribution in [0.4, 0.5) is 10.5 Å². The van der Waals surface area contributed by atoms with Crippen molar-refractivity contribution in [1.82, 2.24) is 10.2 Å². The van der Waals surface area contributed by atoms with Crippen molar-refractivity contribution >= 4 is 11.7 Å². The van der Waals surface area contributed by atoms with Crippen LogP contribution in [0.3, 0.4) is 0 Å². The largest absolute Gasteiger partial charge is 0.324 e. The van der Waals surface area contributed by atoms with Gasteiger partial charge >= 0.3 is 6.03 Å². The molecule has 3 rings (SSSR count). The quantitative estimate of drug-likeness (QED) is 0.815. The molecule has 0 spiro atoms. The molecular weight excluding hydrogens is 226 g/mol. The summed E-state index contributed by atoms with van der Waals surface area (Å²) < 4.78 is 0. The van der Waals surface area contributed by atoms with Crippen LogP contribution in [0, 0.1) is 6.92 Å². The summed E-state index contributed by atoms with van der Waals surface area (Å²) in [6.07, 6.45) is 1.05. The lowest BCUT2D eigenvalue weighted by atomic mass is 10.1. The molecule has 0 aromatic heterocycles. The first-order valence-corrected chi connectivity index (χ1v) is 6.61. The van der Waals surface area contributed by atoms with Gasteiger partial charge in [-0.3, -0.25) is 4.90 Å². The van der Waals surface area contributed by atoms with Crippen molar-refractivity contribution in [2.75, 3.05) is 31.1 Å². The second-order valence-electron chi connectivity index (χ2n) is 5.11. The van der Waals surface area contributed by atoms with Crippen LogP contribution in [0.2, 0.25) is 0 Å². The van der Waals surface area contributed by atoms with E-state index in [9.17, 15) is 4.79 Å². The molecule has 1 aromatic carbocycles. The second kappa shape index (κ2) is 4.61. The van der Waals surface area contributed by atoms with Crippen LogP contribution in [-0.2, 0) is 0 Å². The first kappa shape index (κ1) is 11.5. The van der Waals surface area contributed by atoms with Gasteiger partial charge in [0.25, 0.3) is 0 Å². The van der Waals surface area contributed by atoms with Gasteiger partial charge < -0.3 is 10.2 Å². The lowest BCUT2D eigenvalue weighted by Crippen LogP contribution is -2.61. The topological polar surface area (TPSA) is 35.6 Å². The third kappa shape index (κ3) is 1.97. The number of hydrogen-bond donors (Lipinski definition) is 1. The molecule has 4 nitrogen and oxygen atoms in total. The maximum atomic E-state index is 12.5. The van der Waals surface area contributed by atoms with E-state index in [-0.39, 0.29) is 6.03 Å². The molecule has 18 heavy (non-hydrogen) atoms. The van der Waals surface area contributed by atoms with E-state index in [4.69, 9.17) is 0 Å². The third-order valence-electron chi connectivity index (χ3n) is 3.83. The van der Waals surface area contributed by atoms with Crippen molar-refractivity contribution in [3.05, 3.63) is 29.8 Å². The second-order valence-corrected chi connectivity index (χ2v) is 5.11. The summed E-state index contributed by atoms with van der Waals surface area (Å²) in [5, 5.41) is 3.36. The number of benzene rings is 1. The Morgan fingerprint density at radius 3 is 3.06 bits per heavy atom. The Hall–Kier alpha value is -1.55. The molecule has 1 unspecified atom stereocenters. The Morgan fingerprint density at radius 1 is 1.33 bits per heavy atom. The number of rotatable bonds is 1. The molecule has 2 amide bonds. The van der Waals surface area contributed by atoms with E-state index in [1.807, 2.05) is 21.9 Å². The van der Waals surface area contributed by atoms with Gasteiger partial charge in [-0.25, -0.2) is 4.79 Å². The van der Waals surface area contributed by atoms with Gasteiger partial charge in [0.15, 0.2) is 0 Å². The van der Waals surface area contributed by atoms with Crippen LogP contribution in [0.5, 0.6) is 0 Å². The molecule has 2 saturated heterocycles. The molecule has 96 valence electrons. The van der Waals surface area contributed by atoms with E-state index in [1.165, 1.54) is 5.56 Å². The molecule has 4 heteroatoms. The Morgan fingerprint density at radius 2 is 2.22 bits per heavy atom. The minimum absolute atomic E-state index is 0.165. The lowest BCUT2D eigenvalue weighted by Gasteiger charge is -2.44. The monoisotopic (exact) mass is 245 g/mol. The summed E-state index contributed by atoms with van der Waals surface area (Å²) in [6.45, 7) is 5.56. The fourth-order valence-electron chi connectivity index (χ4n) is 2.83. The predicted octanol–water partition coefficient (Wildman–Crippen LogP) is 1.60. The van der Waals surface area contributed by atoms with Gasteiger partial charge in [-0.1, -0.05) is 12.1 Å². The summed E-state index contributed by atoms with van der Waals surface area (Å²) in [5.74, 6) is 0. The minimum Gasteiger partial charge on any atom is -0.319 e. The average molecular weight is 245 g/mol. The molecule has 0 aliphatic carbocycles. The highest BCUT2D eigenvalue weighted by Gasteiger charge is 2.35. The van der Waals surface area contributed by atoms with E-state index < -0.39 is 0 Å². The van der Waals surface area contributed by atoms with Crippen molar-refractivity contribution in [1.29, 1.82) is 0 Å². The number of fused-ring (bicyclic) bond motifs is 1. The van der Waals surface area contributed by atoms with E-state index in [1.54, 1.807) is 0 Å². The van der Waals surface area contributed by atoms with Crippen LogP contribution in [-0.4, -0.2) is 43.2 Å². The number of anilines is 1. The molecule has 2 fully saturated rings. The molecule has 2 heterocycles. The number of carbonyl (C=O) groups excluding carboxylic acids is 1. The Bertz CT molecular complexity index is 460. The van der Waals surface area contributed by atoms with E-state index in [0.717, 1.165) is 38.3 Å². The van der Waals surface area contributed by atoms with E-state index in [0.29, 0.717) is 6.04 Å². The number of nitrogens with one attached hydrogen (secondary N) is 1. The Labute approximate surface area is 108 Å². The third-order valence-corrected chi connectivity index (χ3v) is 3.83. The van der Waals surface area contributed by atoms with Gasteiger partial charge in [-0.2, -0.15) is 0 Å². The molecule has 1 N–H and O–H groups in total. The van der Waals surface area contributed by atoms with E-state index in [2.05, 4.69) is 24.4 Å². The van der Waals surface area contributed by atoms with Gasteiger partial charge in [-0.05, 0) is 31.0 Å². The van der Waals surface area contributed by atoms with Crippen molar-refractivity contribution in [3.63, 3.8) is 0 Å². The zero-order chi connectivity index (χ0) is 12.5. The normalized spacial score (nSPS) is 24.1. The van der Waals surface area contributed by atoms with Crippen molar-refractivity contribution < 1.29 is 4.79 Å². The van der Waals surface area contributed by atoms with Crippen LogP contribution in [0.15, 0.2) is 24.3 Å². The van der Waals surface area contributed by atoms with Gasteiger partial charge in [0.1, 0.15) is 0 Å². The zero-order valence-corrected chi connectivity index (χ0v) is 10.7. The molecule has 2 aliphatic rings. The number of carbonyl (C=O) groups is 1. The highest BCUT2D eigenvalue weighted by Crippen LogP contribution is 2.24. The van der Waals surface area contributed by atoms with Crippen LogP contribution in [0.1, 0.15) is 12.0 Å². The van der Waals surface area contributed by atoms with Crippen molar-refractivity contribution in [2.45, 2.75) is 19.4 Å². The smallest absolute Gasteiger partial charge is 0.319 e. The van der Waals surface area contributed by atoms with Crippen LogP contribution < -0.4 is 10.2 Å². The number of amides is 2. The summed E-state index contributed by atoms with van der Waals surface area (Å²) >= 11 is 0. The van der Waals surface area contributed by atoms with Crippen molar-refractivity contribution in [3.8, 4) is 0 Å². The number of hydrogen-bond acceptors (Lipinski definition) is 2. The van der Waals surface area contributed by atoms with Gasteiger partial charge in [0.2, 0.25) is 0 Å². The molecule has 1 atom stereocenters. The summed E-state index contributed by atoms with van der Waals surface area (Å²) in [5.41, 5.74) is 2.22. The highest BCUT2D eigenvalue weighted by atomic mass is 16.2. The average Bonchev–Trinajstić information content (AvgIpc) is 2.39. The maximum Gasteiger partial charge on any atom is 0.324 e. The molecule has 0 radical (unpaired) electrons. The molecular formula is C14H19N3O. The minimum atomic E-state index is 0.165. The fraction of sp³-hybridized carbons (Fsp3) is 0.500. The van der Waals surface area contributed by atoms with Gasteiger partial charge in [0, 0.05) is 37.9 Å². The first-order valence-electron chi connectivity index (χ1n) is 6.61. The van der Waals surface area contributed by atoms with Gasteiger partial charge in [-0.15, -0.1) is 0 Å².